The molecule has 3 amide bonds. The molecule has 8 saturated heterocycles. The Labute approximate surface area is 582 Å². The van der Waals surface area contributed by atoms with Crippen LogP contribution >= 0.6 is 0 Å². The molecule has 0 bridgehead atoms. The summed E-state index contributed by atoms with van der Waals surface area (Å²) >= 11 is 0. The molecule has 27 N–H and O–H groups in total. The van der Waals surface area contributed by atoms with Gasteiger partial charge in [0, 0.05) is 27.2 Å². The van der Waals surface area contributed by atoms with Gasteiger partial charge >= 0.3 is 5.97 Å². The highest BCUT2D eigenvalue weighted by molar-refractivity contribution is 5.77. The molecule has 0 unspecified atom stereocenters. The number of hydrogen-bond donors (Lipinski definition) is 27. The molecule has 0 aromatic rings. The number of rotatable bonds is 27. The van der Waals surface area contributed by atoms with Crippen molar-refractivity contribution in [3.05, 3.63) is 0 Å². The molecule has 8 aliphatic rings. The number of aliphatic hydroxyl groups excluding tert-OH is 23. The minimum Gasteiger partial charge on any atom is -0.477 e. The van der Waals surface area contributed by atoms with Gasteiger partial charge in [0.2, 0.25) is 17.7 Å². The third-order valence-corrected chi connectivity index (χ3v) is 18.8. The summed E-state index contributed by atoms with van der Waals surface area (Å²) in [4.78, 5) is 51.0. The number of aliphatic carboxylic acids is 1. The SMILES string of the molecule is CC(=O)N[C@H]1[C@H](OC[C@H]2O[C@@H](O[C@H]3[C@H](O)[C@@H](O)[C@@H](O)O[C@@H]3CO)[C@H](O)[C@@H](O[C@@H]3O[C@H](CO)[C@@H](O)[C@H](O[C@@H]4O[C@H](CO)[C@H](O)[C@H](O)[C@H]4O[C@@H]4O[C@@H](C)[C@@H](O)[C@@H](O)[C@@H]4O)[C@H]3NC(C)=O)[C@H]2O)O[C@H](CO)[C@@H](O[C@@H]2O[C@H](CO[C@]3(C(=O)O)C[C@H](O)[C@@H](NC(C)=O)[C@H]([C@H](O)[C@H](O)CO)O3)[C@H](O)[C@H](O)[C@H]2O)[C@@H]1O. The number of ether oxygens (including phenoxy) is 15. The molecule has 103 heavy (non-hydrogen) atoms. The predicted molar refractivity (Wildman–Crippen MR) is 315 cm³/mol. The molecule has 0 saturated carbocycles. The average Bonchev–Trinajstić information content (AvgIpc) is 0.772. The lowest BCUT2D eigenvalue weighted by Crippen LogP contribution is -2.70. The van der Waals surface area contributed by atoms with Crippen molar-refractivity contribution in [1.29, 1.82) is 0 Å². The molecule has 8 fully saturated rings. The second kappa shape index (κ2) is 36.3. The number of nitrogens with one attached hydrogen (secondary N) is 3. The first-order chi connectivity index (χ1) is 48.5. The number of amides is 3. The van der Waals surface area contributed by atoms with Crippen LogP contribution in [0.3, 0.4) is 0 Å². The van der Waals surface area contributed by atoms with Crippen molar-refractivity contribution >= 4 is 23.7 Å². The lowest BCUT2D eigenvalue weighted by atomic mass is 9.88. The fourth-order valence-corrected chi connectivity index (χ4v) is 13.1. The Bertz CT molecular complexity index is 2730. The van der Waals surface area contributed by atoms with Crippen molar-refractivity contribution in [2.24, 2.45) is 0 Å². The summed E-state index contributed by atoms with van der Waals surface area (Å²) in [5.74, 6) is -7.78. The fraction of sp³-hybridized carbons (Fsp3) is 0.930. The minimum atomic E-state index is -3.04. The molecule has 0 aromatic carbocycles. The van der Waals surface area contributed by atoms with Gasteiger partial charge in [-0.15, -0.1) is 0 Å². The summed E-state index contributed by atoms with van der Waals surface area (Å²) in [6.45, 7) is -3.68. The van der Waals surface area contributed by atoms with Crippen LogP contribution in [0.2, 0.25) is 0 Å². The summed E-state index contributed by atoms with van der Waals surface area (Å²) in [6, 6.07) is -5.50. The first-order valence-corrected chi connectivity index (χ1v) is 32.6. The molecule has 8 rings (SSSR count). The Balaban J connectivity index is 1.05. The molecule has 41 atom stereocenters. The van der Waals surface area contributed by atoms with Gasteiger partial charge in [-0.05, 0) is 6.92 Å². The molecule has 0 spiro atoms. The zero-order valence-corrected chi connectivity index (χ0v) is 55.2. The van der Waals surface area contributed by atoms with Crippen molar-refractivity contribution in [2.45, 2.75) is 285 Å². The van der Waals surface area contributed by atoms with Crippen molar-refractivity contribution < 1.29 is 213 Å². The quantitative estimate of drug-likeness (QED) is 0.0363. The van der Waals surface area contributed by atoms with Crippen LogP contribution in [0.4, 0.5) is 0 Å². The molecule has 46 heteroatoms. The average molecular weight is 1510 g/mol. The molecule has 0 aliphatic carbocycles. The van der Waals surface area contributed by atoms with Crippen LogP contribution in [-0.4, -0.2) is 444 Å². The number of carboxylic acids is 1. The van der Waals surface area contributed by atoms with Crippen molar-refractivity contribution in [3.8, 4) is 0 Å². The first-order valence-electron chi connectivity index (χ1n) is 32.6. The largest absolute Gasteiger partial charge is 0.477 e. The van der Waals surface area contributed by atoms with E-state index in [-0.39, 0.29) is 0 Å². The normalized spacial score (nSPS) is 48.3. The predicted octanol–water partition coefficient (Wildman–Crippen LogP) is -17.8. The first kappa shape index (κ1) is 85.0. The number of carbonyl (C=O) groups excluding carboxylic acids is 3. The van der Waals surface area contributed by atoms with E-state index in [4.69, 9.17) is 71.1 Å². The topological polar surface area (TPSA) is 728 Å². The highest BCUT2D eigenvalue weighted by Crippen LogP contribution is 2.40. The van der Waals surface area contributed by atoms with E-state index in [1.54, 1.807) is 0 Å². The van der Waals surface area contributed by atoms with Gasteiger partial charge in [0.15, 0.2) is 44.0 Å². The van der Waals surface area contributed by atoms with Crippen LogP contribution < -0.4 is 16.0 Å². The van der Waals surface area contributed by atoms with Crippen molar-refractivity contribution in [3.63, 3.8) is 0 Å². The lowest BCUT2D eigenvalue weighted by Gasteiger charge is -2.51. The molecular formula is C57H95N3O43. The molecule has 0 aromatic heterocycles. The Morgan fingerprint density at radius 2 is 0.854 bits per heavy atom. The summed E-state index contributed by atoms with van der Waals surface area (Å²) in [5.41, 5.74) is 0. The molecular weight excluding hydrogens is 1410 g/mol. The van der Waals surface area contributed by atoms with E-state index in [0.717, 1.165) is 20.8 Å². The van der Waals surface area contributed by atoms with Gasteiger partial charge in [0.1, 0.15) is 183 Å². The maximum Gasteiger partial charge on any atom is 0.364 e. The molecule has 8 aliphatic heterocycles. The van der Waals surface area contributed by atoms with Crippen LogP contribution in [0.25, 0.3) is 0 Å². The summed E-state index contributed by atoms with van der Waals surface area (Å²) < 4.78 is 87.2. The van der Waals surface area contributed by atoms with Crippen LogP contribution in [0.1, 0.15) is 34.1 Å². The van der Waals surface area contributed by atoms with E-state index >= 15 is 0 Å². The minimum absolute atomic E-state index is 0.818. The maximum absolute atomic E-state index is 13.2. The van der Waals surface area contributed by atoms with Crippen LogP contribution in [0, 0.1) is 0 Å². The van der Waals surface area contributed by atoms with Crippen LogP contribution in [0.5, 0.6) is 0 Å². The third kappa shape index (κ3) is 18.6. The molecule has 8 heterocycles. The Morgan fingerprint density at radius 3 is 1.43 bits per heavy atom. The van der Waals surface area contributed by atoms with E-state index in [1.165, 1.54) is 6.92 Å². The summed E-state index contributed by atoms with van der Waals surface area (Å²) in [7, 11) is 0. The Kier molecular flexibility index (Phi) is 29.9. The van der Waals surface area contributed by atoms with Crippen molar-refractivity contribution in [2.75, 3.05) is 46.2 Å². The number of carbonyl (C=O) groups is 4. The van der Waals surface area contributed by atoms with Gasteiger partial charge in [-0.3, -0.25) is 14.4 Å². The standard InChI is InChI=1S/C57H95N3O43/c1-13-28(71)35(78)40(83)52(91-13)102-48-37(80)30(73)19(7-62)94-55(48)100-45-27(60-16(4)68)51(93-20(8-63)32(45)75)101-47-33(76)23(96-54(42(47)85)99-44-21(9-64)92-49(86)39(82)38(44)81)11-89-50-26(59-15(3)67)34(77)43(22(10-65)95-50)98-53-41(84)36(79)31(74)24(97-53)12-90-57(56(87)88)5-17(69)25(58-14(2)66)46(103-57)29(72)18(70)6-61/h13,17-55,61-65,69-86H,5-12H2,1-4H3,(H,58,66)(H,59,67)(H,60,68)(H,87,88)/t13-,17-,18+,19+,20+,21+,22+,23+,24+,25+,26+,27+,28+,29+,30-,31-,32+,33-,34+,35+,36-,37-,38+,39+,40-,41+,42+,43+,44+,45+,46+,47-,48+,49-,50+,51-,52-,53-,54-,55-,57+/m0/s1. The maximum atomic E-state index is 13.2. The van der Waals surface area contributed by atoms with Crippen LogP contribution in [0.15, 0.2) is 0 Å². The van der Waals surface area contributed by atoms with E-state index in [0.29, 0.717) is 0 Å². The number of aliphatic hydroxyl groups is 23. The zero-order chi connectivity index (χ0) is 76.3. The fourth-order valence-electron chi connectivity index (χ4n) is 13.1. The zero-order valence-electron chi connectivity index (χ0n) is 55.2. The molecule has 596 valence electrons. The second-order valence-corrected chi connectivity index (χ2v) is 26.1. The van der Waals surface area contributed by atoms with Gasteiger partial charge < -0.3 is 210 Å². The monoisotopic (exact) mass is 1510 g/mol. The highest BCUT2D eigenvalue weighted by atomic mass is 16.8. The third-order valence-electron chi connectivity index (χ3n) is 18.8. The number of hydrogen-bond acceptors (Lipinski definition) is 42. The van der Waals surface area contributed by atoms with Gasteiger partial charge in [-0.2, -0.15) is 0 Å². The van der Waals surface area contributed by atoms with Gasteiger partial charge in [0.25, 0.3) is 5.79 Å². The molecule has 0 radical (unpaired) electrons. The van der Waals surface area contributed by atoms with E-state index in [1.807, 2.05) is 0 Å². The highest BCUT2D eigenvalue weighted by Gasteiger charge is 2.61. The summed E-state index contributed by atoms with van der Waals surface area (Å²) in [5, 5.41) is 269. The van der Waals surface area contributed by atoms with Crippen molar-refractivity contribution in [1.82, 2.24) is 16.0 Å². The van der Waals surface area contributed by atoms with E-state index in [2.05, 4.69) is 16.0 Å². The Hall–Kier alpha value is -3.64. The van der Waals surface area contributed by atoms with Crippen LogP contribution in [-0.2, 0) is 90.2 Å². The van der Waals surface area contributed by atoms with Gasteiger partial charge in [-0.1, -0.05) is 0 Å². The van der Waals surface area contributed by atoms with E-state index in [9.17, 15) is 142 Å². The van der Waals surface area contributed by atoms with E-state index < -0.39 is 327 Å². The lowest BCUT2D eigenvalue weighted by molar-refractivity contribution is -0.391. The molecule has 46 nitrogen and oxygen atoms in total. The second-order valence-electron chi connectivity index (χ2n) is 26.1. The number of carboxylic acid groups (broad SMARTS) is 1. The smallest absolute Gasteiger partial charge is 0.364 e. The van der Waals surface area contributed by atoms with Gasteiger partial charge in [0.05, 0.1) is 64.5 Å². The summed E-state index contributed by atoms with van der Waals surface area (Å²) in [6.07, 6.45) is -77.2. The van der Waals surface area contributed by atoms with Gasteiger partial charge in [-0.25, -0.2) is 4.79 Å². The Morgan fingerprint density at radius 1 is 0.417 bits per heavy atom.